The van der Waals surface area contributed by atoms with Crippen molar-refractivity contribution in [2.24, 2.45) is 7.05 Å². The van der Waals surface area contributed by atoms with Crippen molar-refractivity contribution in [3.05, 3.63) is 32.5 Å². The second-order valence-electron chi connectivity index (χ2n) is 8.31. The van der Waals surface area contributed by atoms with Crippen LogP contribution in [0.1, 0.15) is 26.7 Å². The van der Waals surface area contributed by atoms with Gasteiger partial charge in [-0.1, -0.05) is 11.6 Å². The number of fused-ring (bicyclic) bond motifs is 1. The monoisotopic (exact) mass is 518 g/mol. The summed E-state index contributed by atoms with van der Waals surface area (Å²) in [4.78, 5) is 52.5. The number of imidazole rings is 1. The molecule has 0 atom stereocenters. The third kappa shape index (κ3) is 6.96. The van der Waals surface area contributed by atoms with Gasteiger partial charge in [0.25, 0.3) is 5.56 Å². The van der Waals surface area contributed by atoms with Crippen molar-refractivity contribution >= 4 is 29.1 Å². The molecule has 3 heterocycles. The number of aryl methyl sites for hydroxylation is 1. The average molecular weight is 518 g/mol. The number of halogens is 3. The molecule has 1 aliphatic heterocycles. The predicted molar refractivity (Wildman–Crippen MR) is 124 cm³/mol. The fourth-order valence-electron chi connectivity index (χ4n) is 3.50. The topological polar surface area (TPSA) is 152 Å². The largest absolute Gasteiger partial charge is 0.490 e. The van der Waals surface area contributed by atoms with E-state index in [2.05, 4.69) is 15.2 Å². The summed E-state index contributed by atoms with van der Waals surface area (Å²) in [5.41, 5.74) is 0.930. The van der Waals surface area contributed by atoms with E-state index in [1.807, 2.05) is 24.5 Å². The van der Waals surface area contributed by atoms with E-state index in [1.54, 1.807) is 7.05 Å². The first kappa shape index (κ1) is 28.6. The molecular weight excluding hydrogens is 489 g/mol. The summed E-state index contributed by atoms with van der Waals surface area (Å²) in [6.45, 7) is 7.68. The Labute approximate surface area is 203 Å². The van der Waals surface area contributed by atoms with Gasteiger partial charge in [0.15, 0.2) is 11.2 Å². The molecule has 12 nitrogen and oxygen atoms in total. The minimum Gasteiger partial charge on any atom is -0.481 e. The normalized spacial score (nSPS) is 13.8. The molecule has 1 fully saturated rings. The number of carboxylic acid groups (broad SMARTS) is 2. The SMILES string of the molecule is CC(C)=CCn1c(N2CCNCC2)nc2c1c(=O)n(CCCC(=O)O)c(=O)n2C.O=C(O)C(F)(F)F. The number of aromatic nitrogens is 4. The third-order valence-electron chi connectivity index (χ3n) is 5.31. The zero-order valence-electron chi connectivity index (χ0n) is 20.1. The Balaban J connectivity index is 0.000000572. The smallest absolute Gasteiger partial charge is 0.481 e. The first-order valence-corrected chi connectivity index (χ1v) is 11.1. The van der Waals surface area contributed by atoms with Crippen molar-refractivity contribution in [3.8, 4) is 0 Å². The van der Waals surface area contributed by atoms with Gasteiger partial charge in [-0.05, 0) is 20.3 Å². The van der Waals surface area contributed by atoms with Gasteiger partial charge in [-0.2, -0.15) is 18.2 Å². The Kier molecular flexibility index (Phi) is 9.44. The van der Waals surface area contributed by atoms with E-state index in [-0.39, 0.29) is 19.4 Å². The lowest BCUT2D eigenvalue weighted by atomic mass is 10.3. The van der Waals surface area contributed by atoms with E-state index in [0.717, 1.165) is 36.3 Å². The van der Waals surface area contributed by atoms with Crippen LogP contribution >= 0.6 is 0 Å². The van der Waals surface area contributed by atoms with Crippen LogP contribution in [0.2, 0.25) is 0 Å². The summed E-state index contributed by atoms with van der Waals surface area (Å²) >= 11 is 0. The van der Waals surface area contributed by atoms with Crippen LogP contribution < -0.4 is 21.5 Å². The van der Waals surface area contributed by atoms with Crippen molar-refractivity contribution in [3.63, 3.8) is 0 Å². The lowest BCUT2D eigenvalue weighted by molar-refractivity contribution is -0.192. The number of carbonyl (C=O) groups is 2. The Hall–Kier alpha value is -3.62. The molecule has 0 bridgehead atoms. The van der Waals surface area contributed by atoms with Crippen LogP contribution in [0.4, 0.5) is 19.1 Å². The Bertz CT molecular complexity index is 1250. The molecule has 3 rings (SSSR count). The minimum absolute atomic E-state index is 0.0601. The second kappa shape index (κ2) is 11.9. The summed E-state index contributed by atoms with van der Waals surface area (Å²) < 4.78 is 36.1. The summed E-state index contributed by atoms with van der Waals surface area (Å²) in [5, 5.41) is 19.3. The van der Waals surface area contributed by atoms with Crippen LogP contribution in [0.25, 0.3) is 11.2 Å². The third-order valence-corrected chi connectivity index (χ3v) is 5.31. The highest BCUT2D eigenvalue weighted by atomic mass is 19.4. The van der Waals surface area contributed by atoms with E-state index in [4.69, 9.17) is 15.0 Å². The molecule has 0 aromatic carbocycles. The maximum absolute atomic E-state index is 13.2. The molecule has 0 unspecified atom stereocenters. The zero-order chi connectivity index (χ0) is 27.2. The maximum atomic E-state index is 13.2. The highest BCUT2D eigenvalue weighted by Gasteiger charge is 2.38. The van der Waals surface area contributed by atoms with E-state index in [1.165, 1.54) is 4.57 Å². The fourth-order valence-corrected chi connectivity index (χ4v) is 3.50. The molecule has 0 saturated carbocycles. The molecule has 36 heavy (non-hydrogen) atoms. The van der Waals surface area contributed by atoms with E-state index in [9.17, 15) is 27.6 Å². The summed E-state index contributed by atoms with van der Waals surface area (Å²) in [6.07, 6.45) is -2.95. The van der Waals surface area contributed by atoms with Crippen molar-refractivity contribution in [2.45, 2.75) is 46.0 Å². The molecule has 1 aliphatic rings. The molecule has 0 aliphatic carbocycles. The fraction of sp³-hybridized carbons (Fsp3) is 0.571. The van der Waals surface area contributed by atoms with Gasteiger partial charge in [-0.15, -0.1) is 0 Å². The number of aliphatic carboxylic acids is 2. The number of hydrogen-bond acceptors (Lipinski definition) is 7. The Morgan fingerprint density at radius 3 is 2.19 bits per heavy atom. The molecule has 2 aromatic heterocycles. The van der Waals surface area contributed by atoms with Gasteiger partial charge >= 0.3 is 23.8 Å². The number of piperazine rings is 1. The van der Waals surface area contributed by atoms with Gasteiger partial charge in [0.2, 0.25) is 5.95 Å². The summed E-state index contributed by atoms with van der Waals surface area (Å²) in [7, 11) is 1.59. The van der Waals surface area contributed by atoms with Crippen LogP contribution in [-0.4, -0.2) is 73.2 Å². The average Bonchev–Trinajstić information content (AvgIpc) is 3.18. The van der Waals surface area contributed by atoms with Gasteiger partial charge in [0.05, 0.1) is 0 Å². The van der Waals surface area contributed by atoms with E-state index in [0.29, 0.717) is 23.7 Å². The molecule has 3 N–H and O–H groups in total. The number of nitrogens with one attached hydrogen (secondary N) is 1. The highest BCUT2D eigenvalue weighted by Crippen LogP contribution is 2.20. The minimum atomic E-state index is -5.08. The number of allylic oxidation sites excluding steroid dienone is 2. The van der Waals surface area contributed by atoms with Gasteiger partial charge in [0.1, 0.15) is 0 Å². The first-order chi connectivity index (χ1) is 16.8. The quantitative estimate of drug-likeness (QED) is 0.452. The van der Waals surface area contributed by atoms with Crippen LogP contribution in [0.15, 0.2) is 21.2 Å². The number of rotatable bonds is 7. The van der Waals surface area contributed by atoms with Crippen molar-refractivity contribution < 1.29 is 33.0 Å². The highest BCUT2D eigenvalue weighted by molar-refractivity contribution is 5.75. The first-order valence-electron chi connectivity index (χ1n) is 11.1. The summed E-state index contributed by atoms with van der Waals surface area (Å²) in [5.74, 6) is -3.03. The number of alkyl halides is 3. The molecule has 0 spiro atoms. The van der Waals surface area contributed by atoms with Crippen molar-refractivity contribution in [2.75, 3.05) is 31.1 Å². The van der Waals surface area contributed by atoms with E-state index >= 15 is 0 Å². The van der Waals surface area contributed by atoms with Crippen LogP contribution in [0.3, 0.4) is 0 Å². The Morgan fingerprint density at radius 1 is 1.11 bits per heavy atom. The maximum Gasteiger partial charge on any atom is 0.490 e. The second-order valence-corrected chi connectivity index (χ2v) is 8.31. The van der Waals surface area contributed by atoms with Gasteiger partial charge < -0.3 is 25.0 Å². The Morgan fingerprint density at radius 2 is 1.69 bits per heavy atom. The zero-order valence-corrected chi connectivity index (χ0v) is 20.1. The molecule has 2 aromatic rings. The van der Waals surface area contributed by atoms with Crippen molar-refractivity contribution in [1.29, 1.82) is 0 Å². The molecule has 0 amide bonds. The van der Waals surface area contributed by atoms with Crippen LogP contribution in [0.5, 0.6) is 0 Å². The number of hydrogen-bond donors (Lipinski definition) is 3. The molecule has 0 radical (unpaired) electrons. The predicted octanol–water partition coefficient (Wildman–Crippen LogP) is 0.771. The molecule has 200 valence electrons. The molecular formula is C21H29F3N6O6. The summed E-state index contributed by atoms with van der Waals surface area (Å²) in [6, 6.07) is 0. The van der Waals surface area contributed by atoms with Gasteiger partial charge in [-0.25, -0.2) is 9.59 Å². The molecule has 1 saturated heterocycles. The number of anilines is 1. The number of carboxylic acids is 2. The van der Waals surface area contributed by atoms with Crippen LogP contribution in [-0.2, 0) is 29.7 Å². The van der Waals surface area contributed by atoms with Crippen molar-refractivity contribution in [1.82, 2.24) is 24.0 Å². The van der Waals surface area contributed by atoms with E-state index < -0.39 is 29.4 Å². The number of nitrogens with zero attached hydrogens (tertiary/aromatic N) is 5. The lowest BCUT2D eigenvalue weighted by Crippen LogP contribution is -2.44. The van der Waals surface area contributed by atoms with Crippen LogP contribution in [0, 0.1) is 0 Å². The lowest BCUT2D eigenvalue weighted by Gasteiger charge is -2.28. The standard InChI is InChI=1S/C19H28N6O4.C2HF3O2/c1-13(2)6-10-24-15-16(21-18(24)23-11-7-20-8-12-23)22(3)19(29)25(17(15)28)9-4-5-14(26)27;3-2(4,5)1(6)7/h6,20H,4-5,7-12H2,1-3H3,(H,26,27);(H,6,7). The van der Waals surface area contributed by atoms with Gasteiger partial charge in [-0.3, -0.25) is 18.7 Å². The molecule has 15 heteroatoms. The van der Waals surface area contributed by atoms with Gasteiger partial charge in [0, 0.05) is 52.7 Å².